The molecule has 3 aromatic rings. The summed E-state index contributed by atoms with van der Waals surface area (Å²) in [4.78, 5) is 26.0. The van der Waals surface area contributed by atoms with Crippen LogP contribution in [0.5, 0.6) is 0 Å². The first-order chi connectivity index (χ1) is 8.70. The van der Waals surface area contributed by atoms with E-state index in [1.807, 2.05) is 24.3 Å². The van der Waals surface area contributed by atoms with Gasteiger partial charge in [0.25, 0.3) is 5.56 Å². The third kappa shape index (κ3) is 2.02. The van der Waals surface area contributed by atoms with E-state index in [4.69, 9.17) is 0 Å². The van der Waals surface area contributed by atoms with Crippen molar-refractivity contribution >= 4 is 11.0 Å². The van der Waals surface area contributed by atoms with Gasteiger partial charge in [-0.15, -0.1) is 0 Å². The minimum Gasteiger partial charge on any atom is -0.342 e. The maximum absolute atomic E-state index is 11.3. The summed E-state index contributed by atoms with van der Waals surface area (Å²) in [6, 6.07) is 9.29. The van der Waals surface area contributed by atoms with Crippen molar-refractivity contribution in [1.29, 1.82) is 0 Å². The Bertz CT molecular complexity index is 724. The van der Waals surface area contributed by atoms with Crippen LogP contribution < -0.4 is 5.56 Å². The molecule has 5 heteroatoms. The van der Waals surface area contributed by atoms with E-state index in [0.717, 1.165) is 16.9 Å². The van der Waals surface area contributed by atoms with Gasteiger partial charge in [-0.1, -0.05) is 12.1 Å². The summed E-state index contributed by atoms with van der Waals surface area (Å²) in [7, 11) is 0. The fraction of sp³-hybridized carbons (Fsp3) is 0.154. The second-order valence-electron chi connectivity index (χ2n) is 4.21. The number of nitrogens with zero attached hydrogens (tertiary/aromatic N) is 2. The highest BCUT2D eigenvalue weighted by molar-refractivity contribution is 5.74. The second kappa shape index (κ2) is 4.10. The first kappa shape index (κ1) is 10.7. The number of fused-ring (bicyclic) bond motifs is 1. The Hall–Kier alpha value is -2.43. The second-order valence-corrected chi connectivity index (χ2v) is 4.21. The van der Waals surface area contributed by atoms with E-state index in [-0.39, 0.29) is 5.56 Å². The van der Waals surface area contributed by atoms with Gasteiger partial charge < -0.3 is 9.97 Å². The quantitative estimate of drug-likeness (QED) is 0.713. The molecular formula is C13H12N4O. The number of aryl methyl sites for hydroxylation is 1. The average molecular weight is 240 g/mol. The van der Waals surface area contributed by atoms with Crippen molar-refractivity contribution in [3.05, 3.63) is 58.0 Å². The Morgan fingerprint density at radius 1 is 1.11 bits per heavy atom. The number of rotatable bonds is 2. The number of hydrogen-bond acceptors (Lipinski definition) is 3. The van der Waals surface area contributed by atoms with Gasteiger partial charge >= 0.3 is 0 Å². The fourth-order valence-corrected chi connectivity index (χ4v) is 1.97. The number of nitrogens with one attached hydrogen (secondary N) is 2. The van der Waals surface area contributed by atoms with E-state index in [2.05, 4.69) is 19.9 Å². The zero-order valence-electron chi connectivity index (χ0n) is 9.90. The van der Waals surface area contributed by atoms with Crippen LogP contribution in [0.25, 0.3) is 11.0 Å². The third-order valence-electron chi connectivity index (χ3n) is 2.69. The maximum Gasteiger partial charge on any atom is 0.251 e. The van der Waals surface area contributed by atoms with Gasteiger partial charge in [-0.05, 0) is 19.1 Å². The molecule has 0 spiro atoms. The molecule has 2 heterocycles. The Morgan fingerprint density at radius 2 is 1.89 bits per heavy atom. The first-order valence-corrected chi connectivity index (χ1v) is 5.71. The molecule has 0 atom stereocenters. The summed E-state index contributed by atoms with van der Waals surface area (Å²) in [6.07, 6.45) is 0.492. The van der Waals surface area contributed by atoms with Gasteiger partial charge in [-0.2, -0.15) is 0 Å². The maximum atomic E-state index is 11.3. The molecule has 0 saturated carbocycles. The number of benzene rings is 1. The van der Waals surface area contributed by atoms with Gasteiger partial charge in [-0.3, -0.25) is 4.79 Å². The molecule has 5 nitrogen and oxygen atoms in total. The van der Waals surface area contributed by atoms with Crippen LogP contribution in [0.15, 0.2) is 35.1 Å². The lowest BCUT2D eigenvalue weighted by Crippen LogP contribution is -2.12. The highest BCUT2D eigenvalue weighted by Gasteiger charge is 2.05. The summed E-state index contributed by atoms with van der Waals surface area (Å²) >= 11 is 0. The molecule has 0 aliphatic carbocycles. The molecule has 0 aliphatic heterocycles. The van der Waals surface area contributed by atoms with Crippen LogP contribution in [0.1, 0.15) is 17.3 Å². The number of para-hydroxylation sites is 2. The third-order valence-corrected chi connectivity index (χ3v) is 2.69. The largest absolute Gasteiger partial charge is 0.342 e. The van der Waals surface area contributed by atoms with Gasteiger partial charge in [0.15, 0.2) is 0 Å². The molecule has 18 heavy (non-hydrogen) atoms. The Kier molecular flexibility index (Phi) is 2.44. The van der Waals surface area contributed by atoms with Crippen LogP contribution in [0.3, 0.4) is 0 Å². The standard InChI is InChI=1S/C13H12N4O/c1-8-6-13(18)17-11(14-8)7-12-15-9-4-2-3-5-10(9)16-12/h2-6H,7H2,1H3,(H,15,16)(H,14,17,18). The molecule has 1 aromatic carbocycles. The zero-order valence-corrected chi connectivity index (χ0v) is 9.90. The molecular weight excluding hydrogens is 228 g/mol. The van der Waals surface area contributed by atoms with Crippen molar-refractivity contribution in [2.75, 3.05) is 0 Å². The van der Waals surface area contributed by atoms with Crippen molar-refractivity contribution in [2.45, 2.75) is 13.3 Å². The SMILES string of the molecule is Cc1cc(=O)[nH]c(Cc2nc3ccccc3[nH]2)n1. The summed E-state index contributed by atoms with van der Waals surface area (Å²) in [6.45, 7) is 1.80. The molecule has 2 aromatic heterocycles. The number of H-pyrrole nitrogens is 2. The normalized spacial score (nSPS) is 10.9. The van der Waals surface area contributed by atoms with Crippen LogP contribution in [0.2, 0.25) is 0 Å². The lowest BCUT2D eigenvalue weighted by molar-refractivity contribution is 0.885. The lowest BCUT2D eigenvalue weighted by Gasteiger charge is -1.98. The predicted octanol–water partition coefficient (Wildman–Crippen LogP) is 1.55. The van der Waals surface area contributed by atoms with E-state index in [0.29, 0.717) is 17.9 Å². The summed E-state index contributed by atoms with van der Waals surface area (Å²) in [5.74, 6) is 1.42. The van der Waals surface area contributed by atoms with Crippen LogP contribution in [-0.2, 0) is 6.42 Å². The van der Waals surface area contributed by atoms with Crippen molar-refractivity contribution in [3.63, 3.8) is 0 Å². The van der Waals surface area contributed by atoms with E-state index in [1.165, 1.54) is 6.07 Å². The summed E-state index contributed by atoms with van der Waals surface area (Å²) < 4.78 is 0. The van der Waals surface area contributed by atoms with Gasteiger partial charge in [0.05, 0.1) is 17.5 Å². The van der Waals surface area contributed by atoms with Gasteiger partial charge in [-0.25, -0.2) is 9.97 Å². The van der Waals surface area contributed by atoms with Crippen LogP contribution >= 0.6 is 0 Å². The molecule has 0 bridgehead atoms. The number of imidazole rings is 1. The minimum absolute atomic E-state index is 0.131. The average Bonchev–Trinajstić information content (AvgIpc) is 2.69. The Balaban J connectivity index is 1.98. The lowest BCUT2D eigenvalue weighted by atomic mass is 10.3. The Labute approximate surface area is 103 Å². The molecule has 0 radical (unpaired) electrons. The fourth-order valence-electron chi connectivity index (χ4n) is 1.97. The smallest absolute Gasteiger partial charge is 0.251 e. The molecule has 2 N–H and O–H groups in total. The highest BCUT2D eigenvalue weighted by atomic mass is 16.1. The van der Waals surface area contributed by atoms with Crippen molar-refractivity contribution in [2.24, 2.45) is 0 Å². The molecule has 3 rings (SSSR count). The number of hydrogen-bond donors (Lipinski definition) is 2. The van der Waals surface area contributed by atoms with Crippen molar-refractivity contribution in [1.82, 2.24) is 19.9 Å². The molecule has 0 fully saturated rings. The van der Waals surface area contributed by atoms with Crippen LogP contribution in [0.4, 0.5) is 0 Å². The van der Waals surface area contributed by atoms with E-state index < -0.39 is 0 Å². The van der Waals surface area contributed by atoms with Crippen LogP contribution in [-0.4, -0.2) is 19.9 Å². The Morgan fingerprint density at radius 3 is 2.67 bits per heavy atom. The first-order valence-electron chi connectivity index (χ1n) is 5.71. The van der Waals surface area contributed by atoms with E-state index >= 15 is 0 Å². The van der Waals surface area contributed by atoms with E-state index in [9.17, 15) is 4.79 Å². The molecule has 0 unspecified atom stereocenters. The number of aromatic amines is 2. The van der Waals surface area contributed by atoms with Gasteiger partial charge in [0.1, 0.15) is 11.6 Å². The highest BCUT2D eigenvalue weighted by Crippen LogP contribution is 2.11. The zero-order chi connectivity index (χ0) is 12.5. The summed E-state index contributed by atoms with van der Waals surface area (Å²) in [5.41, 5.74) is 2.49. The molecule has 0 amide bonds. The monoisotopic (exact) mass is 240 g/mol. The van der Waals surface area contributed by atoms with Gasteiger partial charge in [0, 0.05) is 11.8 Å². The predicted molar refractivity (Wildman–Crippen MR) is 68.5 cm³/mol. The van der Waals surface area contributed by atoms with Crippen molar-refractivity contribution < 1.29 is 0 Å². The van der Waals surface area contributed by atoms with Gasteiger partial charge in [0.2, 0.25) is 0 Å². The summed E-state index contributed by atoms with van der Waals surface area (Å²) in [5, 5.41) is 0. The van der Waals surface area contributed by atoms with Crippen molar-refractivity contribution in [3.8, 4) is 0 Å². The number of aromatic nitrogens is 4. The molecule has 0 saturated heterocycles. The minimum atomic E-state index is -0.131. The molecule has 90 valence electrons. The topological polar surface area (TPSA) is 74.4 Å². The molecule has 0 aliphatic rings. The van der Waals surface area contributed by atoms with Crippen LogP contribution in [0, 0.1) is 6.92 Å². The van der Waals surface area contributed by atoms with E-state index in [1.54, 1.807) is 6.92 Å².